The standard InChI is InChI=1S/C17H24O2/c1-4-19-17(12(2)3)16(18)15-10-6-9-14(11-15)13-7-5-8-13/h6,9-13,17H,4-5,7-8H2,1-3H3. The minimum absolute atomic E-state index is 0.123. The van der Waals surface area contributed by atoms with Crippen LogP contribution >= 0.6 is 0 Å². The molecular weight excluding hydrogens is 236 g/mol. The van der Waals surface area contributed by atoms with Crippen LogP contribution in [0.2, 0.25) is 0 Å². The normalized spacial score (nSPS) is 17.3. The molecule has 0 radical (unpaired) electrons. The molecule has 1 aliphatic rings. The van der Waals surface area contributed by atoms with Crippen LogP contribution in [0.5, 0.6) is 0 Å². The third kappa shape index (κ3) is 3.24. The molecule has 1 aliphatic carbocycles. The predicted molar refractivity (Wildman–Crippen MR) is 77.6 cm³/mol. The largest absolute Gasteiger partial charge is 0.370 e. The summed E-state index contributed by atoms with van der Waals surface area (Å²) in [7, 11) is 0. The van der Waals surface area contributed by atoms with Gasteiger partial charge in [0.05, 0.1) is 0 Å². The Bertz CT molecular complexity index is 433. The second kappa shape index (κ2) is 6.33. The minimum Gasteiger partial charge on any atom is -0.370 e. The number of benzene rings is 1. The van der Waals surface area contributed by atoms with E-state index in [9.17, 15) is 4.79 Å². The maximum Gasteiger partial charge on any atom is 0.191 e. The number of ketones is 1. The fourth-order valence-electron chi connectivity index (χ4n) is 2.60. The topological polar surface area (TPSA) is 26.3 Å². The summed E-state index contributed by atoms with van der Waals surface area (Å²) in [5, 5.41) is 0. The van der Waals surface area contributed by atoms with Crippen molar-refractivity contribution < 1.29 is 9.53 Å². The summed E-state index contributed by atoms with van der Waals surface area (Å²) >= 11 is 0. The highest BCUT2D eigenvalue weighted by Gasteiger charge is 2.25. The first-order valence-corrected chi connectivity index (χ1v) is 7.39. The average molecular weight is 260 g/mol. The van der Waals surface area contributed by atoms with Gasteiger partial charge in [0.1, 0.15) is 6.10 Å². The molecule has 0 heterocycles. The van der Waals surface area contributed by atoms with Crippen molar-refractivity contribution in [3.8, 4) is 0 Å². The Kier molecular flexibility index (Phi) is 4.76. The SMILES string of the molecule is CCOC(C(=O)c1cccc(C2CCC2)c1)C(C)C. The molecule has 1 aromatic rings. The molecule has 1 atom stereocenters. The monoisotopic (exact) mass is 260 g/mol. The minimum atomic E-state index is -0.318. The highest BCUT2D eigenvalue weighted by atomic mass is 16.5. The molecule has 0 aromatic heterocycles. The van der Waals surface area contributed by atoms with E-state index in [1.165, 1.54) is 24.8 Å². The van der Waals surface area contributed by atoms with Crippen molar-refractivity contribution in [1.29, 1.82) is 0 Å². The zero-order valence-corrected chi connectivity index (χ0v) is 12.2. The number of ether oxygens (including phenoxy) is 1. The van der Waals surface area contributed by atoms with Gasteiger partial charge in [0.15, 0.2) is 5.78 Å². The average Bonchev–Trinajstić information content (AvgIpc) is 2.33. The first kappa shape index (κ1) is 14.3. The van der Waals surface area contributed by atoms with Crippen LogP contribution in [0, 0.1) is 5.92 Å². The van der Waals surface area contributed by atoms with Crippen molar-refractivity contribution in [2.45, 2.75) is 52.1 Å². The second-order valence-corrected chi connectivity index (χ2v) is 5.74. The van der Waals surface area contributed by atoms with Crippen molar-refractivity contribution >= 4 is 5.78 Å². The van der Waals surface area contributed by atoms with Crippen LogP contribution in [0.1, 0.15) is 61.9 Å². The van der Waals surface area contributed by atoms with Crippen LogP contribution in [-0.2, 0) is 4.74 Å². The Morgan fingerprint density at radius 2 is 2.11 bits per heavy atom. The van der Waals surface area contributed by atoms with Crippen LogP contribution in [0.4, 0.5) is 0 Å². The molecule has 0 aliphatic heterocycles. The van der Waals surface area contributed by atoms with Gasteiger partial charge in [-0.05, 0) is 43.2 Å². The number of carbonyl (C=O) groups excluding carboxylic acids is 1. The zero-order chi connectivity index (χ0) is 13.8. The second-order valence-electron chi connectivity index (χ2n) is 5.74. The van der Waals surface area contributed by atoms with Gasteiger partial charge in [0.2, 0.25) is 0 Å². The Hall–Kier alpha value is -1.15. The van der Waals surface area contributed by atoms with Crippen LogP contribution < -0.4 is 0 Å². The smallest absolute Gasteiger partial charge is 0.191 e. The van der Waals surface area contributed by atoms with E-state index in [2.05, 4.69) is 12.1 Å². The van der Waals surface area contributed by atoms with Crippen molar-refractivity contribution in [3.05, 3.63) is 35.4 Å². The van der Waals surface area contributed by atoms with Gasteiger partial charge < -0.3 is 4.74 Å². The van der Waals surface area contributed by atoms with E-state index in [0.717, 1.165) is 5.56 Å². The molecule has 104 valence electrons. The quantitative estimate of drug-likeness (QED) is 0.717. The summed E-state index contributed by atoms with van der Waals surface area (Å²) in [6.45, 7) is 6.59. The molecule has 2 heteroatoms. The molecule has 2 nitrogen and oxygen atoms in total. The van der Waals surface area contributed by atoms with E-state index in [4.69, 9.17) is 4.74 Å². The summed E-state index contributed by atoms with van der Waals surface area (Å²) in [5.41, 5.74) is 2.12. The van der Waals surface area contributed by atoms with Crippen LogP contribution in [0.15, 0.2) is 24.3 Å². The maximum absolute atomic E-state index is 12.5. The lowest BCUT2D eigenvalue weighted by molar-refractivity contribution is 0.0279. The van der Waals surface area contributed by atoms with Crippen molar-refractivity contribution in [2.24, 2.45) is 5.92 Å². The lowest BCUT2D eigenvalue weighted by Crippen LogP contribution is -2.30. The zero-order valence-electron chi connectivity index (χ0n) is 12.2. The van der Waals surface area contributed by atoms with Gasteiger partial charge in [0.25, 0.3) is 0 Å². The van der Waals surface area contributed by atoms with Gasteiger partial charge in [-0.1, -0.05) is 38.5 Å². The molecule has 1 saturated carbocycles. The first-order valence-electron chi connectivity index (χ1n) is 7.39. The molecule has 0 saturated heterocycles. The fourth-order valence-corrected chi connectivity index (χ4v) is 2.60. The molecule has 1 fully saturated rings. The van der Waals surface area contributed by atoms with E-state index in [-0.39, 0.29) is 17.8 Å². The molecule has 19 heavy (non-hydrogen) atoms. The number of Topliss-reactive ketones (excluding diaryl/α,β-unsaturated/α-hetero) is 1. The number of rotatable bonds is 6. The summed E-state index contributed by atoms with van der Waals surface area (Å²) in [6.07, 6.45) is 3.52. The maximum atomic E-state index is 12.5. The Morgan fingerprint density at radius 3 is 2.63 bits per heavy atom. The van der Waals surface area contributed by atoms with Crippen LogP contribution in [0.3, 0.4) is 0 Å². The molecule has 0 spiro atoms. The predicted octanol–water partition coefficient (Wildman–Crippen LogP) is 4.20. The Balaban J connectivity index is 2.17. The molecular formula is C17H24O2. The first-order chi connectivity index (χ1) is 9.13. The molecule has 1 aromatic carbocycles. The van der Waals surface area contributed by atoms with E-state index in [1.54, 1.807) is 0 Å². The number of hydrogen-bond acceptors (Lipinski definition) is 2. The van der Waals surface area contributed by atoms with Crippen LogP contribution in [0.25, 0.3) is 0 Å². The van der Waals surface area contributed by atoms with Gasteiger partial charge in [-0.25, -0.2) is 0 Å². The van der Waals surface area contributed by atoms with Crippen LogP contribution in [-0.4, -0.2) is 18.5 Å². The van der Waals surface area contributed by atoms with Gasteiger partial charge in [-0.3, -0.25) is 4.79 Å². The van der Waals surface area contributed by atoms with Crippen molar-refractivity contribution in [3.63, 3.8) is 0 Å². The lowest BCUT2D eigenvalue weighted by Gasteiger charge is -2.26. The summed E-state index contributed by atoms with van der Waals surface area (Å²) in [6, 6.07) is 8.13. The molecule has 0 amide bonds. The van der Waals surface area contributed by atoms with E-state index in [1.807, 2.05) is 32.9 Å². The third-order valence-corrected chi connectivity index (χ3v) is 3.96. The van der Waals surface area contributed by atoms with E-state index >= 15 is 0 Å². The summed E-state index contributed by atoms with van der Waals surface area (Å²) < 4.78 is 5.61. The summed E-state index contributed by atoms with van der Waals surface area (Å²) in [4.78, 5) is 12.5. The van der Waals surface area contributed by atoms with Crippen molar-refractivity contribution in [1.82, 2.24) is 0 Å². The van der Waals surface area contributed by atoms with E-state index < -0.39 is 0 Å². The lowest BCUT2D eigenvalue weighted by atomic mass is 9.79. The third-order valence-electron chi connectivity index (χ3n) is 3.96. The molecule has 0 bridgehead atoms. The number of hydrogen-bond donors (Lipinski definition) is 0. The Labute approximate surface area is 116 Å². The van der Waals surface area contributed by atoms with Gasteiger partial charge in [0, 0.05) is 12.2 Å². The van der Waals surface area contributed by atoms with Gasteiger partial charge in [-0.15, -0.1) is 0 Å². The van der Waals surface area contributed by atoms with E-state index in [0.29, 0.717) is 12.5 Å². The number of carbonyl (C=O) groups is 1. The Morgan fingerprint density at radius 1 is 1.37 bits per heavy atom. The molecule has 0 N–H and O–H groups in total. The summed E-state index contributed by atoms with van der Waals surface area (Å²) in [5.74, 6) is 0.996. The van der Waals surface area contributed by atoms with Crippen molar-refractivity contribution in [2.75, 3.05) is 6.61 Å². The molecule has 2 rings (SSSR count). The fraction of sp³-hybridized carbons (Fsp3) is 0.588. The molecule has 1 unspecified atom stereocenters. The highest BCUT2D eigenvalue weighted by molar-refractivity contribution is 5.99. The van der Waals surface area contributed by atoms with Gasteiger partial charge in [-0.2, -0.15) is 0 Å². The highest BCUT2D eigenvalue weighted by Crippen LogP contribution is 2.36. The van der Waals surface area contributed by atoms with Gasteiger partial charge >= 0.3 is 0 Å².